The standard InChI is InChI=1S/C17H18N2O2/c1-21-17(20)14-9-12(7-8-15(14)18)19-16-10-13(16)11-5-3-2-4-6-11/h2-9,13,16,19H,10,18H2,1H3. The molecule has 108 valence electrons. The molecule has 4 heteroatoms. The van der Waals surface area contributed by atoms with Crippen LogP contribution in [-0.4, -0.2) is 19.1 Å². The zero-order valence-electron chi connectivity index (χ0n) is 11.9. The summed E-state index contributed by atoms with van der Waals surface area (Å²) in [6.45, 7) is 0. The van der Waals surface area contributed by atoms with Gasteiger partial charge in [-0.3, -0.25) is 0 Å². The van der Waals surface area contributed by atoms with Crippen LogP contribution >= 0.6 is 0 Å². The number of carbonyl (C=O) groups excluding carboxylic acids is 1. The second-order valence-corrected chi connectivity index (χ2v) is 5.30. The number of rotatable bonds is 4. The maximum atomic E-state index is 11.6. The number of carbonyl (C=O) groups is 1. The summed E-state index contributed by atoms with van der Waals surface area (Å²) in [6.07, 6.45) is 1.10. The Labute approximate surface area is 123 Å². The van der Waals surface area contributed by atoms with Crippen molar-refractivity contribution < 1.29 is 9.53 Å². The van der Waals surface area contributed by atoms with E-state index in [1.54, 1.807) is 12.1 Å². The van der Waals surface area contributed by atoms with Gasteiger partial charge in [0.2, 0.25) is 0 Å². The van der Waals surface area contributed by atoms with Gasteiger partial charge in [0.15, 0.2) is 0 Å². The fourth-order valence-corrected chi connectivity index (χ4v) is 2.57. The van der Waals surface area contributed by atoms with E-state index in [-0.39, 0.29) is 0 Å². The molecule has 2 aromatic rings. The maximum absolute atomic E-state index is 11.6. The fourth-order valence-electron chi connectivity index (χ4n) is 2.57. The average molecular weight is 282 g/mol. The van der Waals surface area contributed by atoms with E-state index in [1.807, 2.05) is 12.1 Å². The zero-order chi connectivity index (χ0) is 14.8. The van der Waals surface area contributed by atoms with Gasteiger partial charge in [-0.05, 0) is 30.2 Å². The minimum Gasteiger partial charge on any atom is -0.465 e. The van der Waals surface area contributed by atoms with E-state index in [1.165, 1.54) is 12.7 Å². The first-order valence-corrected chi connectivity index (χ1v) is 6.98. The summed E-state index contributed by atoms with van der Waals surface area (Å²) in [5.41, 5.74) is 8.88. The van der Waals surface area contributed by atoms with Gasteiger partial charge in [-0.2, -0.15) is 0 Å². The molecule has 2 aromatic carbocycles. The second-order valence-electron chi connectivity index (χ2n) is 5.30. The van der Waals surface area contributed by atoms with Crippen LogP contribution < -0.4 is 11.1 Å². The molecule has 0 heterocycles. The van der Waals surface area contributed by atoms with Gasteiger partial charge in [0.05, 0.1) is 12.7 Å². The number of benzene rings is 2. The normalized spacial score (nSPS) is 19.9. The number of hydrogen-bond acceptors (Lipinski definition) is 4. The van der Waals surface area contributed by atoms with Gasteiger partial charge in [0.1, 0.15) is 0 Å². The lowest BCUT2D eigenvalue weighted by atomic mass is 10.1. The summed E-state index contributed by atoms with van der Waals surface area (Å²) >= 11 is 0. The van der Waals surface area contributed by atoms with Crippen LogP contribution in [0.15, 0.2) is 48.5 Å². The Morgan fingerprint density at radius 1 is 1.24 bits per heavy atom. The number of methoxy groups -OCH3 is 1. The number of anilines is 2. The highest BCUT2D eigenvalue weighted by atomic mass is 16.5. The molecule has 1 aliphatic carbocycles. The van der Waals surface area contributed by atoms with Gasteiger partial charge in [-0.15, -0.1) is 0 Å². The van der Waals surface area contributed by atoms with E-state index in [0.29, 0.717) is 23.2 Å². The second kappa shape index (κ2) is 5.48. The quantitative estimate of drug-likeness (QED) is 0.668. The monoisotopic (exact) mass is 282 g/mol. The van der Waals surface area contributed by atoms with E-state index < -0.39 is 5.97 Å². The van der Waals surface area contributed by atoms with Gasteiger partial charge in [-0.1, -0.05) is 30.3 Å². The molecule has 3 N–H and O–H groups in total. The molecule has 0 bridgehead atoms. The third-order valence-electron chi connectivity index (χ3n) is 3.83. The summed E-state index contributed by atoms with van der Waals surface area (Å²) in [5.74, 6) is 0.122. The lowest BCUT2D eigenvalue weighted by Crippen LogP contribution is -2.09. The largest absolute Gasteiger partial charge is 0.465 e. The van der Waals surface area contributed by atoms with Crippen molar-refractivity contribution in [1.29, 1.82) is 0 Å². The third-order valence-corrected chi connectivity index (χ3v) is 3.83. The van der Waals surface area contributed by atoms with Crippen LogP contribution in [0.25, 0.3) is 0 Å². The van der Waals surface area contributed by atoms with Crippen molar-refractivity contribution in [1.82, 2.24) is 0 Å². The summed E-state index contributed by atoms with van der Waals surface area (Å²) in [5, 5.41) is 3.45. The highest BCUT2D eigenvalue weighted by molar-refractivity contribution is 5.96. The molecular weight excluding hydrogens is 264 g/mol. The topological polar surface area (TPSA) is 64.3 Å². The lowest BCUT2D eigenvalue weighted by Gasteiger charge is -2.09. The summed E-state index contributed by atoms with van der Waals surface area (Å²) in [7, 11) is 1.36. The first-order chi connectivity index (χ1) is 10.2. The summed E-state index contributed by atoms with van der Waals surface area (Å²) in [4.78, 5) is 11.6. The van der Waals surface area contributed by atoms with Crippen LogP contribution in [0.5, 0.6) is 0 Å². The molecule has 0 saturated heterocycles. The molecule has 2 unspecified atom stereocenters. The molecule has 21 heavy (non-hydrogen) atoms. The number of ether oxygens (including phenoxy) is 1. The number of nitrogens with one attached hydrogen (secondary N) is 1. The molecular formula is C17H18N2O2. The molecule has 1 fully saturated rings. The molecule has 1 saturated carbocycles. The van der Waals surface area contributed by atoms with Crippen molar-refractivity contribution in [3.63, 3.8) is 0 Å². The number of esters is 1. The Bertz CT molecular complexity index is 655. The SMILES string of the molecule is COC(=O)c1cc(NC2CC2c2ccccc2)ccc1N. The minimum atomic E-state index is -0.411. The maximum Gasteiger partial charge on any atom is 0.340 e. The summed E-state index contributed by atoms with van der Waals surface area (Å²) < 4.78 is 4.74. The lowest BCUT2D eigenvalue weighted by molar-refractivity contribution is 0.0602. The van der Waals surface area contributed by atoms with Crippen molar-refractivity contribution >= 4 is 17.3 Å². The zero-order valence-corrected chi connectivity index (χ0v) is 11.9. The van der Waals surface area contributed by atoms with E-state index >= 15 is 0 Å². The Morgan fingerprint density at radius 2 is 2.00 bits per heavy atom. The van der Waals surface area contributed by atoms with Crippen LogP contribution in [0.3, 0.4) is 0 Å². The number of hydrogen-bond donors (Lipinski definition) is 2. The molecule has 0 aliphatic heterocycles. The van der Waals surface area contributed by atoms with Crippen LogP contribution in [-0.2, 0) is 4.74 Å². The van der Waals surface area contributed by atoms with Crippen LogP contribution in [0, 0.1) is 0 Å². The van der Waals surface area contributed by atoms with Crippen LogP contribution in [0.1, 0.15) is 28.3 Å². The van der Waals surface area contributed by atoms with Crippen molar-refractivity contribution in [2.75, 3.05) is 18.2 Å². The Balaban J connectivity index is 1.71. The van der Waals surface area contributed by atoms with Gasteiger partial charge in [0.25, 0.3) is 0 Å². The molecule has 3 rings (SSSR count). The van der Waals surface area contributed by atoms with E-state index in [9.17, 15) is 4.79 Å². The summed E-state index contributed by atoms with van der Waals surface area (Å²) in [6, 6.07) is 16.2. The molecule has 1 aliphatic rings. The highest BCUT2D eigenvalue weighted by Gasteiger charge is 2.38. The molecule has 0 spiro atoms. The third kappa shape index (κ3) is 2.84. The van der Waals surface area contributed by atoms with Crippen molar-refractivity contribution in [3.05, 3.63) is 59.7 Å². The minimum absolute atomic E-state index is 0.402. The molecule has 0 aromatic heterocycles. The van der Waals surface area contributed by atoms with Gasteiger partial charge >= 0.3 is 5.97 Å². The van der Waals surface area contributed by atoms with Crippen molar-refractivity contribution in [2.45, 2.75) is 18.4 Å². The van der Waals surface area contributed by atoms with E-state index in [2.05, 4.69) is 29.6 Å². The Kier molecular flexibility index (Phi) is 3.52. The fraction of sp³-hybridized carbons (Fsp3) is 0.235. The van der Waals surface area contributed by atoms with Crippen molar-refractivity contribution in [2.24, 2.45) is 0 Å². The van der Waals surface area contributed by atoms with Crippen molar-refractivity contribution in [3.8, 4) is 0 Å². The molecule has 0 radical (unpaired) electrons. The first kappa shape index (κ1) is 13.5. The van der Waals surface area contributed by atoms with E-state index in [4.69, 9.17) is 10.5 Å². The van der Waals surface area contributed by atoms with Gasteiger partial charge in [0, 0.05) is 23.3 Å². The molecule has 2 atom stereocenters. The predicted molar refractivity (Wildman–Crippen MR) is 83.4 cm³/mol. The number of nitrogen functional groups attached to an aromatic ring is 1. The Hall–Kier alpha value is -2.49. The first-order valence-electron chi connectivity index (χ1n) is 6.98. The molecule has 0 amide bonds. The van der Waals surface area contributed by atoms with Crippen LogP contribution in [0.4, 0.5) is 11.4 Å². The Morgan fingerprint density at radius 3 is 2.71 bits per heavy atom. The number of nitrogens with two attached hydrogens (primary N) is 1. The predicted octanol–water partition coefficient (Wildman–Crippen LogP) is 3.02. The highest BCUT2D eigenvalue weighted by Crippen LogP contribution is 2.42. The van der Waals surface area contributed by atoms with Crippen LogP contribution in [0.2, 0.25) is 0 Å². The van der Waals surface area contributed by atoms with Gasteiger partial charge < -0.3 is 15.8 Å². The van der Waals surface area contributed by atoms with Gasteiger partial charge in [-0.25, -0.2) is 4.79 Å². The van der Waals surface area contributed by atoms with E-state index in [0.717, 1.165) is 12.1 Å². The smallest absolute Gasteiger partial charge is 0.340 e. The average Bonchev–Trinajstić information content (AvgIpc) is 3.28. The molecule has 4 nitrogen and oxygen atoms in total.